The smallest absolute Gasteiger partial charge is 0.371 e. The first-order valence-electron chi connectivity index (χ1n) is 12.0. The number of carbonyl (C=O) groups excluding carboxylic acids is 2. The van der Waals surface area contributed by atoms with Crippen molar-refractivity contribution in [1.82, 2.24) is 25.6 Å². The molecule has 5 rings (SSSR count). The first-order valence-corrected chi connectivity index (χ1v) is 12.0. The lowest BCUT2D eigenvalue weighted by Gasteiger charge is -2.25. The van der Waals surface area contributed by atoms with Crippen LogP contribution in [0, 0.1) is 0 Å². The van der Waals surface area contributed by atoms with Crippen molar-refractivity contribution in [2.75, 3.05) is 11.9 Å². The second kappa shape index (κ2) is 9.47. The number of halogens is 3. The third kappa shape index (κ3) is 4.79. The van der Waals surface area contributed by atoms with E-state index < -0.39 is 17.3 Å². The maximum atomic E-state index is 13.4. The zero-order valence-electron chi connectivity index (χ0n) is 20.7. The molecule has 196 valence electrons. The lowest BCUT2D eigenvalue weighted by Crippen LogP contribution is -2.52. The summed E-state index contributed by atoms with van der Waals surface area (Å²) in [5.41, 5.74) is 1.99. The van der Waals surface area contributed by atoms with Gasteiger partial charge >= 0.3 is 6.18 Å². The Bertz CT molecular complexity index is 1480. The molecule has 1 unspecified atom stereocenters. The quantitative estimate of drug-likeness (QED) is 0.423. The van der Waals surface area contributed by atoms with Gasteiger partial charge in [0, 0.05) is 36.1 Å². The molecule has 1 aromatic heterocycles. The van der Waals surface area contributed by atoms with Crippen molar-refractivity contribution < 1.29 is 22.8 Å². The van der Waals surface area contributed by atoms with Crippen LogP contribution in [-0.2, 0) is 22.3 Å². The second-order valence-corrected chi connectivity index (χ2v) is 9.57. The van der Waals surface area contributed by atoms with Crippen LogP contribution in [0.5, 0.6) is 0 Å². The van der Waals surface area contributed by atoms with E-state index in [9.17, 15) is 22.8 Å². The molecule has 0 spiro atoms. The molecule has 2 aliphatic rings. The monoisotopic (exact) mass is 522 g/mol. The molecule has 3 heterocycles. The Morgan fingerprint density at radius 1 is 1.24 bits per heavy atom. The number of fused-ring (bicyclic) bond motifs is 1. The summed E-state index contributed by atoms with van der Waals surface area (Å²) in [4.78, 5) is 26.0. The average molecular weight is 523 g/mol. The topological polar surface area (TPSA) is 101 Å². The molecule has 3 N–H and O–H groups in total. The van der Waals surface area contributed by atoms with Crippen LogP contribution in [0.15, 0.2) is 72.2 Å². The van der Waals surface area contributed by atoms with Crippen molar-refractivity contribution >= 4 is 23.1 Å². The fourth-order valence-electron chi connectivity index (χ4n) is 4.84. The summed E-state index contributed by atoms with van der Waals surface area (Å²) < 4.78 is 41.7. The van der Waals surface area contributed by atoms with Gasteiger partial charge in [0.2, 0.25) is 5.91 Å². The Morgan fingerprint density at radius 2 is 2.03 bits per heavy atom. The van der Waals surface area contributed by atoms with Crippen LogP contribution in [0.25, 0.3) is 16.7 Å². The zero-order valence-corrected chi connectivity index (χ0v) is 20.7. The number of nitrogens with zero attached hydrogens (tertiary/aromatic N) is 3. The van der Waals surface area contributed by atoms with E-state index in [1.165, 1.54) is 6.07 Å². The zero-order chi connectivity index (χ0) is 27.1. The number of hydrogen-bond acceptors (Lipinski definition) is 5. The molecule has 2 aliphatic heterocycles. The van der Waals surface area contributed by atoms with E-state index in [1.54, 1.807) is 54.3 Å². The Balaban J connectivity index is 1.41. The number of anilines is 1. The molecule has 2 amide bonds. The summed E-state index contributed by atoms with van der Waals surface area (Å²) in [6.07, 6.45) is 0.865. The highest BCUT2D eigenvalue weighted by Crippen LogP contribution is 2.42. The van der Waals surface area contributed by atoms with E-state index in [2.05, 4.69) is 26.3 Å². The lowest BCUT2D eigenvalue weighted by atomic mass is 9.93. The molecular formula is C27H25F3N6O2. The number of alkyl halides is 3. The van der Waals surface area contributed by atoms with Crippen LogP contribution < -0.4 is 16.0 Å². The van der Waals surface area contributed by atoms with Crippen LogP contribution in [-0.4, -0.2) is 38.9 Å². The molecule has 0 fully saturated rings. The fraction of sp³-hybridized carbons (Fsp3) is 0.259. The van der Waals surface area contributed by atoms with Crippen molar-refractivity contribution in [3.63, 3.8) is 0 Å². The second-order valence-electron chi connectivity index (χ2n) is 9.57. The molecular weight excluding hydrogens is 497 g/mol. The van der Waals surface area contributed by atoms with Gasteiger partial charge < -0.3 is 16.0 Å². The van der Waals surface area contributed by atoms with Crippen LogP contribution in [0.2, 0.25) is 0 Å². The SMILES string of the molecule is CC1=C(C=C2C(=O)Nc3cccc(-c4cccc(C(F)(F)F)c4)c32)NC(C)(C(=O)NCCn2ccnn2)C1. The third-order valence-corrected chi connectivity index (χ3v) is 6.70. The minimum absolute atomic E-state index is 0.203. The van der Waals surface area contributed by atoms with E-state index in [0.717, 1.165) is 17.7 Å². The van der Waals surface area contributed by atoms with Gasteiger partial charge in [0.15, 0.2) is 0 Å². The van der Waals surface area contributed by atoms with Crippen molar-refractivity contribution in [1.29, 1.82) is 0 Å². The molecule has 0 aliphatic carbocycles. The Morgan fingerprint density at radius 3 is 2.76 bits per heavy atom. The summed E-state index contributed by atoms with van der Waals surface area (Å²) in [5, 5.41) is 16.6. The number of amides is 2. The number of rotatable bonds is 6. The predicted octanol–water partition coefficient (Wildman–Crippen LogP) is 4.14. The van der Waals surface area contributed by atoms with Gasteiger partial charge in [0.1, 0.15) is 5.54 Å². The fourth-order valence-corrected chi connectivity index (χ4v) is 4.84. The maximum absolute atomic E-state index is 13.4. The number of hydrogen-bond donors (Lipinski definition) is 3. The highest BCUT2D eigenvalue weighted by atomic mass is 19.4. The molecule has 38 heavy (non-hydrogen) atoms. The minimum atomic E-state index is -4.49. The highest BCUT2D eigenvalue weighted by molar-refractivity contribution is 6.33. The van der Waals surface area contributed by atoms with Gasteiger partial charge in [-0.3, -0.25) is 14.3 Å². The van der Waals surface area contributed by atoms with Gasteiger partial charge in [-0.25, -0.2) is 0 Å². The predicted molar refractivity (Wildman–Crippen MR) is 135 cm³/mol. The third-order valence-electron chi connectivity index (χ3n) is 6.70. The van der Waals surface area contributed by atoms with E-state index >= 15 is 0 Å². The van der Waals surface area contributed by atoms with Gasteiger partial charge in [-0.05, 0) is 54.8 Å². The minimum Gasteiger partial charge on any atom is -0.371 e. The van der Waals surface area contributed by atoms with Crippen molar-refractivity contribution in [3.05, 3.63) is 83.3 Å². The van der Waals surface area contributed by atoms with Gasteiger partial charge in [-0.2, -0.15) is 13.2 Å². The number of carbonyl (C=O) groups is 2. The maximum Gasteiger partial charge on any atom is 0.416 e. The largest absolute Gasteiger partial charge is 0.416 e. The number of aromatic nitrogens is 3. The first kappa shape index (κ1) is 25.2. The lowest BCUT2D eigenvalue weighted by molar-refractivity contribution is -0.137. The molecule has 0 saturated carbocycles. The molecule has 1 atom stereocenters. The van der Waals surface area contributed by atoms with Crippen molar-refractivity contribution in [2.45, 2.75) is 38.5 Å². The summed E-state index contributed by atoms with van der Waals surface area (Å²) in [5.74, 6) is -0.571. The van der Waals surface area contributed by atoms with Crippen LogP contribution in [0.1, 0.15) is 31.4 Å². The van der Waals surface area contributed by atoms with Gasteiger partial charge in [0.25, 0.3) is 5.91 Å². The molecule has 11 heteroatoms. The summed E-state index contributed by atoms with van der Waals surface area (Å²) in [6, 6.07) is 10.1. The van der Waals surface area contributed by atoms with Crippen LogP contribution in [0.4, 0.5) is 18.9 Å². The van der Waals surface area contributed by atoms with E-state index in [0.29, 0.717) is 53.2 Å². The number of allylic oxidation sites excluding steroid dienone is 1. The standard InChI is InChI=1S/C27H25F3N6O2/c1-16-15-26(2,25(38)31-9-11-36-12-10-32-35-36)34-22(16)14-20-23-19(7-4-8-21(23)33-24(20)37)17-5-3-6-18(13-17)27(28,29)30/h3-8,10,12-14,34H,9,11,15H2,1-2H3,(H,31,38)(H,33,37). The molecule has 0 saturated heterocycles. The molecule has 2 aromatic carbocycles. The van der Waals surface area contributed by atoms with E-state index in [4.69, 9.17) is 0 Å². The van der Waals surface area contributed by atoms with E-state index in [1.807, 2.05) is 6.92 Å². The number of nitrogens with one attached hydrogen (secondary N) is 3. The molecule has 0 bridgehead atoms. The summed E-state index contributed by atoms with van der Waals surface area (Å²) in [7, 11) is 0. The van der Waals surface area contributed by atoms with Crippen LogP contribution >= 0.6 is 0 Å². The molecule has 0 radical (unpaired) electrons. The van der Waals surface area contributed by atoms with Crippen molar-refractivity contribution in [3.8, 4) is 11.1 Å². The Labute approximate surface area is 216 Å². The Hall–Kier alpha value is -4.41. The summed E-state index contributed by atoms with van der Waals surface area (Å²) in [6.45, 7) is 4.49. The first-order chi connectivity index (χ1) is 18.0. The number of benzene rings is 2. The van der Waals surface area contributed by atoms with Gasteiger partial charge in [-0.15, -0.1) is 5.10 Å². The molecule has 3 aromatic rings. The van der Waals surface area contributed by atoms with Gasteiger partial charge in [-0.1, -0.05) is 29.5 Å². The average Bonchev–Trinajstić information content (AvgIpc) is 3.57. The van der Waals surface area contributed by atoms with Crippen LogP contribution in [0.3, 0.4) is 0 Å². The normalized spacial score (nSPS) is 19.9. The highest BCUT2D eigenvalue weighted by Gasteiger charge is 2.39. The molecule has 8 nitrogen and oxygen atoms in total. The Kier molecular flexibility index (Phi) is 6.29. The van der Waals surface area contributed by atoms with E-state index in [-0.39, 0.29) is 11.8 Å². The van der Waals surface area contributed by atoms with Crippen molar-refractivity contribution in [2.24, 2.45) is 0 Å². The summed E-state index contributed by atoms with van der Waals surface area (Å²) >= 11 is 0. The van der Waals surface area contributed by atoms with Gasteiger partial charge in [0.05, 0.1) is 23.9 Å².